The molecule has 29 heavy (non-hydrogen) atoms. The molecule has 0 radical (unpaired) electrons. The molecule has 0 saturated heterocycles. The maximum Gasteiger partial charge on any atom is 0.234 e. The van der Waals surface area contributed by atoms with E-state index < -0.39 is 0 Å². The van der Waals surface area contributed by atoms with Crippen LogP contribution in [0.25, 0.3) is 0 Å². The number of carbonyl (C=O) groups excluding carboxylic acids is 1. The van der Waals surface area contributed by atoms with Gasteiger partial charge in [0.05, 0.1) is 27.3 Å². The van der Waals surface area contributed by atoms with Gasteiger partial charge in [0.15, 0.2) is 0 Å². The minimum atomic E-state index is 0.00612. The van der Waals surface area contributed by atoms with Gasteiger partial charge in [-0.2, -0.15) is 0 Å². The van der Waals surface area contributed by atoms with Crippen LogP contribution < -0.4 is 19.5 Å². The van der Waals surface area contributed by atoms with Crippen molar-refractivity contribution < 1.29 is 19.0 Å². The van der Waals surface area contributed by atoms with Gasteiger partial charge in [-0.15, -0.1) is 0 Å². The lowest BCUT2D eigenvalue weighted by Crippen LogP contribution is -2.39. The fraction of sp³-hybridized carbons (Fsp3) is 0.435. The van der Waals surface area contributed by atoms with Crippen LogP contribution in [0.3, 0.4) is 0 Å². The fourth-order valence-corrected chi connectivity index (χ4v) is 3.28. The molecule has 2 aromatic rings. The molecule has 2 aromatic carbocycles. The maximum absolute atomic E-state index is 12.5. The Kier molecular flexibility index (Phi) is 7.36. The number of ether oxygens (including phenoxy) is 3. The standard InChI is InChI=1S/C23H30N2O4/c1-17-5-4-6-21(13-17)29-12-11-24-23(26)16-25(19-7-8-19)15-18-14-20(27-2)9-10-22(18)28-3/h4-6,9-10,13-14,19H,7-8,11-12,15-16H2,1-3H3,(H,24,26). The molecule has 0 heterocycles. The zero-order chi connectivity index (χ0) is 20.6. The van der Waals surface area contributed by atoms with Gasteiger partial charge in [-0.05, 0) is 55.7 Å². The van der Waals surface area contributed by atoms with Gasteiger partial charge in [0.2, 0.25) is 5.91 Å². The highest BCUT2D eigenvalue weighted by Gasteiger charge is 2.31. The van der Waals surface area contributed by atoms with Gasteiger partial charge in [0.1, 0.15) is 23.9 Å². The van der Waals surface area contributed by atoms with Gasteiger partial charge in [-0.25, -0.2) is 0 Å². The minimum absolute atomic E-state index is 0.00612. The van der Waals surface area contributed by atoms with E-state index in [2.05, 4.69) is 10.2 Å². The lowest BCUT2D eigenvalue weighted by atomic mass is 10.1. The summed E-state index contributed by atoms with van der Waals surface area (Å²) in [5.41, 5.74) is 2.17. The van der Waals surface area contributed by atoms with E-state index in [4.69, 9.17) is 14.2 Å². The van der Waals surface area contributed by atoms with Gasteiger partial charge < -0.3 is 19.5 Å². The molecule has 1 fully saturated rings. The lowest BCUT2D eigenvalue weighted by molar-refractivity contribution is -0.122. The molecule has 1 aliphatic rings. The molecule has 1 amide bonds. The number of carbonyl (C=O) groups is 1. The van der Waals surface area contributed by atoms with E-state index in [1.165, 1.54) is 0 Å². The Balaban J connectivity index is 1.49. The number of hydrogen-bond donors (Lipinski definition) is 1. The Labute approximate surface area is 172 Å². The van der Waals surface area contributed by atoms with Crippen molar-refractivity contribution in [3.63, 3.8) is 0 Å². The summed E-state index contributed by atoms with van der Waals surface area (Å²) in [6, 6.07) is 14.1. The van der Waals surface area contributed by atoms with E-state index in [9.17, 15) is 4.79 Å². The van der Waals surface area contributed by atoms with Gasteiger partial charge in [-0.1, -0.05) is 12.1 Å². The monoisotopic (exact) mass is 398 g/mol. The largest absolute Gasteiger partial charge is 0.497 e. The van der Waals surface area contributed by atoms with Crippen LogP contribution >= 0.6 is 0 Å². The molecule has 0 aliphatic heterocycles. The summed E-state index contributed by atoms with van der Waals surface area (Å²) in [5.74, 6) is 2.42. The SMILES string of the molecule is COc1ccc(OC)c(CN(CC(=O)NCCOc2cccc(C)c2)C2CC2)c1. The van der Waals surface area contributed by atoms with Crippen molar-refractivity contribution >= 4 is 5.91 Å². The van der Waals surface area contributed by atoms with Crippen LogP contribution in [0.4, 0.5) is 0 Å². The van der Waals surface area contributed by atoms with Crippen molar-refractivity contribution in [3.8, 4) is 17.2 Å². The average Bonchev–Trinajstić information content (AvgIpc) is 3.56. The first-order valence-electron chi connectivity index (χ1n) is 10.00. The normalized spacial score (nSPS) is 13.2. The number of rotatable bonds is 11. The van der Waals surface area contributed by atoms with E-state index in [-0.39, 0.29) is 5.91 Å². The Morgan fingerprint density at radius 3 is 2.62 bits per heavy atom. The van der Waals surface area contributed by atoms with Crippen molar-refractivity contribution in [3.05, 3.63) is 53.6 Å². The van der Waals surface area contributed by atoms with Crippen molar-refractivity contribution in [2.24, 2.45) is 0 Å². The van der Waals surface area contributed by atoms with E-state index >= 15 is 0 Å². The predicted octanol–water partition coefficient (Wildman–Crippen LogP) is 3.17. The van der Waals surface area contributed by atoms with Crippen LogP contribution in [0, 0.1) is 6.92 Å². The van der Waals surface area contributed by atoms with Crippen LogP contribution in [0.2, 0.25) is 0 Å². The Morgan fingerprint density at radius 2 is 1.93 bits per heavy atom. The zero-order valence-electron chi connectivity index (χ0n) is 17.4. The van der Waals surface area contributed by atoms with Crippen LogP contribution in [-0.2, 0) is 11.3 Å². The Morgan fingerprint density at radius 1 is 1.10 bits per heavy atom. The van der Waals surface area contributed by atoms with Gasteiger partial charge in [-0.3, -0.25) is 9.69 Å². The Bertz CT molecular complexity index is 820. The Hall–Kier alpha value is -2.73. The summed E-state index contributed by atoms with van der Waals surface area (Å²) in [6.07, 6.45) is 2.24. The van der Waals surface area contributed by atoms with Gasteiger partial charge in [0, 0.05) is 18.2 Å². The number of nitrogens with one attached hydrogen (secondary N) is 1. The molecule has 6 heteroatoms. The molecule has 0 bridgehead atoms. The number of methoxy groups -OCH3 is 2. The van der Waals surface area contributed by atoms with Gasteiger partial charge in [0.25, 0.3) is 0 Å². The molecule has 156 valence electrons. The number of amides is 1. The third kappa shape index (κ3) is 6.39. The molecule has 0 unspecified atom stereocenters. The second-order valence-electron chi connectivity index (χ2n) is 7.33. The predicted molar refractivity (Wildman–Crippen MR) is 113 cm³/mol. The smallest absolute Gasteiger partial charge is 0.234 e. The molecule has 1 saturated carbocycles. The van der Waals surface area contributed by atoms with Crippen LogP contribution in [0.15, 0.2) is 42.5 Å². The molecular weight excluding hydrogens is 368 g/mol. The number of hydrogen-bond acceptors (Lipinski definition) is 5. The van der Waals surface area contributed by atoms with Crippen LogP contribution in [-0.4, -0.2) is 50.8 Å². The molecular formula is C23H30N2O4. The van der Waals surface area contributed by atoms with E-state index in [1.807, 2.05) is 49.4 Å². The summed E-state index contributed by atoms with van der Waals surface area (Å²) in [6.45, 7) is 3.96. The van der Waals surface area contributed by atoms with Crippen molar-refractivity contribution in [2.75, 3.05) is 33.9 Å². The minimum Gasteiger partial charge on any atom is -0.497 e. The number of aryl methyl sites for hydroxylation is 1. The highest BCUT2D eigenvalue weighted by Crippen LogP contribution is 2.31. The van der Waals surface area contributed by atoms with Crippen LogP contribution in [0.1, 0.15) is 24.0 Å². The van der Waals surface area contributed by atoms with E-state index in [0.717, 1.165) is 41.2 Å². The summed E-state index contributed by atoms with van der Waals surface area (Å²) in [5, 5.41) is 2.96. The highest BCUT2D eigenvalue weighted by atomic mass is 16.5. The first-order chi connectivity index (χ1) is 14.1. The quantitative estimate of drug-likeness (QED) is 0.589. The molecule has 6 nitrogen and oxygen atoms in total. The summed E-state index contributed by atoms with van der Waals surface area (Å²) < 4.78 is 16.5. The molecule has 1 N–H and O–H groups in total. The lowest BCUT2D eigenvalue weighted by Gasteiger charge is -2.23. The van der Waals surface area contributed by atoms with Crippen molar-refractivity contribution in [1.82, 2.24) is 10.2 Å². The highest BCUT2D eigenvalue weighted by molar-refractivity contribution is 5.78. The first kappa shape index (κ1) is 21.0. The topological polar surface area (TPSA) is 60.0 Å². The van der Waals surface area contributed by atoms with E-state index in [1.54, 1.807) is 14.2 Å². The van der Waals surface area contributed by atoms with Crippen molar-refractivity contribution in [1.29, 1.82) is 0 Å². The zero-order valence-corrected chi connectivity index (χ0v) is 17.4. The van der Waals surface area contributed by atoms with Crippen LogP contribution in [0.5, 0.6) is 17.2 Å². The molecule has 1 aliphatic carbocycles. The summed E-state index contributed by atoms with van der Waals surface area (Å²) >= 11 is 0. The van der Waals surface area contributed by atoms with Gasteiger partial charge >= 0.3 is 0 Å². The van der Waals surface area contributed by atoms with Crippen molar-refractivity contribution in [2.45, 2.75) is 32.4 Å². The second kappa shape index (κ2) is 10.2. The molecule has 0 spiro atoms. The first-order valence-corrected chi connectivity index (χ1v) is 10.00. The molecule has 3 rings (SSSR count). The molecule has 0 aromatic heterocycles. The molecule has 0 atom stereocenters. The third-order valence-electron chi connectivity index (χ3n) is 4.95. The third-order valence-corrected chi connectivity index (χ3v) is 4.95. The fourth-order valence-electron chi connectivity index (χ4n) is 3.28. The average molecular weight is 399 g/mol. The number of benzene rings is 2. The summed E-state index contributed by atoms with van der Waals surface area (Å²) in [4.78, 5) is 14.7. The summed E-state index contributed by atoms with van der Waals surface area (Å²) in [7, 11) is 3.31. The van der Waals surface area contributed by atoms with E-state index in [0.29, 0.717) is 32.3 Å². The maximum atomic E-state index is 12.5. The number of nitrogens with zero attached hydrogens (tertiary/aromatic N) is 1. The second-order valence-corrected chi connectivity index (χ2v) is 7.33.